The van der Waals surface area contributed by atoms with E-state index in [-0.39, 0.29) is 5.91 Å². The van der Waals surface area contributed by atoms with Gasteiger partial charge in [0.05, 0.1) is 0 Å². The molecule has 0 aromatic carbocycles. The highest BCUT2D eigenvalue weighted by Gasteiger charge is 2.32. The van der Waals surface area contributed by atoms with Crippen molar-refractivity contribution in [2.45, 2.75) is 32.2 Å². The Balaban J connectivity index is 1.90. The van der Waals surface area contributed by atoms with Crippen LogP contribution in [-0.2, 0) is 22.5 Å². The van der Waals surface area contributed by atoms with Crippen LogP contribution in [0.1, 0.15) is 17.4 Å². The van der Waals surface area contributed by atoms with E-state index in [1.807, 2.05) is 11.4 Å². The molecule has 1 aliphatic rings. The molecule has 7 heteroatoms. The van der Waals surface area contributed by atoms with E-state index in [1.54, 1.807) is 16.2 Å². The minimum atomic E-state index is -4.41. The van der Waals surface area contributed by atoms with Gasteiger partial charge in [0.2, 0.25) is 0 Å². The summed E-state index contributed by atoms with van der Waals surface area (Å²) in [5.74, 6) is -0.388. The van der Waals surface area contributed by atoms with Crippen molar-refractivity contribution in [1.82, 2.24) is 4.90 Å². The molecule has 0 unspecified atom stereocenters. The number of thiophene rings is 1. The molecule has 106 valence electrons. The minimum absolute atomic E-state index is 0.388. The molecule has 0 bridgehead atoms. The number of rotatable bonds is 3. The van der Waals surface area contributed by atoms with Gasteiger partial charge in [-0.2, -0.15) is 13.2 Å². The Bertz CT molecular complexity index is 458. The van der Waals surface area contributed by atoms with Gasteiger partial charge in [-0.15, -0.1) is 11.3 Å². The first kappa shape index (κ1) is 14.3. The fourth-order valence-electron chi connectivity index (χ4n) is 1.98. The van der Waals surface area contributed by atoms with Gasteiger partial charge in [-0.1, -0.05) is 0 Å². The molecule has 0 fully saturated rings. The molecule has 0 saturated carbocycles. The highest BCUT2D eigenvalue weighted by atomic mass is 32.1. The van der Waals surface area contributed by atoms with Crippen LogP contribution < -0.4 is 0 Å². The summed E-state index contributed by atoms with van der Waals surface area (Å²) in [6, 6.07) is 1.95. The minimum Gasteiger partial charge on any atom is -0.359 e. The summed E-state index contributed by atoms with van der Waals surface area (Å²) < 4.78 is 40.7. The van der Waals surface area contributed by atoms with E-state index in [0.717, 1.165) is 12.0 Å². The molecule has 0 aliphatic carbocycles. The van der Waals surface area contributed by atoms with Crippen LogP contribution in [0.25, 0.3) is 0 Å². The van der Waals surface area contributed by atoms with E-state index >= 15 is 0 Å². The summed E-state index contributed by atoms with van der Waals surface area (Å²) in [5, 5.41) is 1.96. The molecule has 0 N–H and O–H groups in total. The molecule has 19 heavy (non-hydrogen) atoms. The number of carbonyl (C=O) groups is 1. The molecule has 1 amide bonds. The summed E-state index contributed by atoms with van der Waals surface area (Å²) in [6.45, 7) is 0.956. The normalized spacial score (nSPS) is 17.2. The second-order valence-corrected chi connectivity index (χ2v) is 5.45. The lowest BCUT2D eigenvalue weighted by molar-refractivity contribution is -0.188. The van der Waals surface area contributed by atoms with Crippen molar-refractivity contribution >= 4 is 17.2 Å². The Labute approximate surface area is 113 Å². The van der Waals surface area contributed by atoms with E-state index < -0.39 is 18.9 Å². The van der Waals surface area contributed by atoms with Gasteiger partial charge < -0.3 is 9.64 Å². The highest BCUT2D eigenvalue weighted by Crippen LogP contribution is 2.24. The van der Waals surface area contributed by atoms with Gasteiger partial charge in [-0.3, -0.25) is 4.79 Å². The molecule has 1 aliphatic heterocycles. The number of hydrogen-bond donors (Lipinski definition) is 0. The lowest BCUT2D eigenvalue weighted by Gasteiger charge is -2.29. The molecule has 2 rings (SSSR count). The fourth-order valence-corrected chi connectivity index (χ4v) is 2.87. The first-order chi connectivity index (χ1) is 8.87. The van der Waals surface area contributed by atoms with Crippen molar-refractivity contribution in [1.29, 1.82) is 0 Å². The zero-order chi connectivity index (χ0) is 14.0. The van der Waals surface area contributed by atoms with Crippen molar-refractivity contribution in [3.05, 3.63) is 21.9 Å². The van der Waals surface area contributed by atoms with Gasteiger partial charge in [-0.25, -0.2) is 0 Å². The van der Waals surface area contributed by atoms with E-state index in [1.165, 1.54) is 11.8 Å². The quantitative estimate of drug-likeness (QED) is 0.857. The molecule has 0 saturated heterocycles. The Hall–Kier alpha value is -1.08. The van der Waals surface area contributed by atoms with Crippen LogP contribution in [-0.4, -0.2) is 36.2 Å². The number of halogens is 3. The maximum atomic E-state index is 12.0. The van der Waals surface area contributed by atoms with Crippen molar-refractivity contribution in [3.8, 4) is 0 Å². The maximum absolute atomic E-state index is 12.0. The Morgan fingerprint density at radius 3 is 3.00 bits per heavy atom. The van der Waals surface area contributed by atoms with Crippen molar-refractivity contribution in [2.24, 2.45) is 0 Å². The smallest absolute Gasteiger partial charge is 0.359 e. The largest absolute Gasteiger partial charge is 0.411 e. The predicted molar refractivity (Wildman–Crippen MR) is 64.9 cm³/mol. The second-order valence-electron chi connectivity index (χ2n) is 4.45. The van der Waals surface area contributed by atoms with Gasteiger partial charge in [0.15, 0.2) is 0 Å². The van der Waals surface area contributed by atoms with E-state index in [9.17, 15) is 18.0 Å². The summed E-state index contributed by atoms with van der Waals surface area (Å²) in [5.41, 5.74) is 1.08. The standard InChI is InChI=1S/C12H14F3NO2S/c1-8(18-7-12(13,14)15)11(17)16-4-2-10-9(6-16)3-5-19-10/h3,5,8H,2,4,6-7H2,1H3/t8-/m1/s1. The average molecular weight is 293 g/mol. The van der Waals surface area contributed by atoms with Crippen molar-refractivity contribution in [2.75, 3.05) is 13.2 Å². The van der Waals surface area contributed by atoms with Crippen LogP contribution in [0.2, 0.25) is 0 Å². The molecule has 1 atom stereocenters. The van der Waals surface area contributed by atoms with Crippen LogP contribution >= 0.6 is 11.3 Å². The predicted octanol–water partition coefficient (Wildman–Crippen LogP) is 2.60. The van der Waals surface area contributed by atoms with Gasteiger partial charge in [0.1, 0.15) is 12.7 Å². The van der Waals surface area contributed by atoms with Crippen LogP contribution in [0.4, 0.5) is 13.2 Å². The number of amides is 1. The average Bonchev–Trinajstić information content (AvgIpc) is 2.81. The van der Waals surface area contributed by atoms with Crippen molar-refractivity contribution in [3.63, 3.8) is 0 Å². The Morgan fingerprint density at radius 1 is 1.58 bits per heavy atom. The fraction of sp³-hybridized carbons (Fsp3) is 0.583. The monoisotopic (exact) mass is 293 g/mol. The molecular formula is C12H14F3NO2S. The number of carbonyl (C=O) groups excluding carboxylic acids is 1. The third-order valence-electron chi connectivity index (χ3n) is 2.96. The second kappa shape index (κ2) is 5.50. The van der Waals surface area contributed by atoms with Crippen molar-refractivity contribution < 1.29 is 22.7 Å². The zero-order valence-corrected chi connectivity index (χ0v) is 11.2. The van der Waals surface area contributed by atoms with Crippen LogP contribution in [0, 0.1) is 0 Å². The Morgan fingerprint density at radius 2 is 2.32 bits per heavy atom. The molecular weight excluding hydrogens is 279 g/mol. The van der Waals surface area contributed by atoms with Gasteiger partial charge >= 0.3 is 6.18 Å². The van der Waals surface area contributed by atoms with Crippen LogP contribution in [0.15, 0.2) is 11.4 Å². The number of ether oxygens (including phenoxy) is 1. The van der Waals surface area contributed by atoms with Gasteiger partial charge in [0.25, 0.3) is 5.91 Å². The molecule has 1 aromatic rings. The zero-order valence-electron chi connectivity index (χ0n) is 10.4. The van der Waals surface area contributed by atoms with Crippen LogP contribution in [0.5, 0.6) is 0 Å². The summed E-state index contributed by atoms with van der Waals surface area (Å²) in [6.07, 6.45) is -4.72. The first-order valence-corrected chi connectivity index (χ1v) is 6.77. The number of fused-ring (bicyclic) bond motifs is 1. The SMILES string of the molecule is C[C@@H](OCC(F)(F)F)C(=O)N1CCc2sccc2C1. The number of hydrogen-bond acceptors (Lipinski definition) is 3. The number of nitrogens with zero attached hydrogens (tertiary/aromatic N) is 1. The summed E-state index contributed by atoms with van der Waals surface area (Å²) in [7, 11) is 0. The Kier molecular flexibility index (Phi) is 4.15. The topological polar surface area (TPSA) is 29.5 Å². The summed E-state index contributed by atoms with van der Waals surface area (Å²) >= 11 is 1.64. The molecule has 0 spiro atoms. The van der Waals surface area contributed by atoms with Crippen LogP contribution in [0.3, 0.4) is 0 Å². The lowest BCUT2D eigenvalue weighted by atomic mass is 10.1. The molecule has 0 radical (unpaired) electrons. The van der Waals surface area contributed by atoms with Gasteiger partial charge in [0, 0.05) is 18.0 Å². The third-order valence-corrected chi connectivity index (χ3v) is 3.99. The molecule has 3 nitrogen and oxygen atoms in total. The van der Waals surface area contributed by atoms with E-state index in [0.29, 0.717) is 13.1 Å². The molecule has 1 aromatic heterocycles. The lowest BCUT2D eigenvalue weighted by Crippen LogP contribution is -2.42. The number of alkyl halides is 3. The first-order valence-electron chi connectivity index (χ1n) is 5.89. The van der Waals surface area contributed by atoms with E-state index in [4.69, 9.17) is 0 Å². The summed E-state index contributed by atoms with van der Waals surface area (Å²) in [4.78, 5) is 14.8. The van der Waals surface area contributed by atoms with E-state index in [2.05, 4.69) is 4.74 Å². The molecule has 2 heterocycles. The highest BCUT2D eigenvalue weighted by molar-refractivity contribution is 7.10. The third kappa shape index (κ3) is 3.70. The maximum Gasteiger partial charge on any atom is 0.411 e. The van der Waals surface area contributed by atoms with Gasteiger partial charge in [-0.05, 0) is 30.4 Å².